The van der Waals surface area contributed by atoms with Gasteiger partial charge in [-0.05, 0) is 12.8 Å². The SMILES string of the molecule is CCC(O)C1O[C@H](O[C@@H]2C(N)C[C@@H](N)C(O)C2O[C@@H]2O[C@H](CO)[C@H](O[C@H]3OC(CN)[C@@H](O)C(CO)C3N)[C@@H]2O)C(N)C(O)[C@@H]1O. The monoisotopic (exact) mass is 657 g/mol. The van der Waals surface area contributed by atoms with Crippen LogP contribution in [0, 0.1) is 5.92 Å². The number of aliphatic hydroxyl groups is 8. The highest BCUT2D eigenvalue weighted by atomic mass is 16.8. The molecule has 3 heterocycles. The zero-order valence-electron chi connectivity index (χ0n) is 25.0. The van der Waals surface area contributed by atoms with Gasteiger partial charge in [0.25, 0.3) is 0 Å². The fraction of sp³-hybridized carbons (Fsp3) is 1.00. The molecule has 45 heavy (non-hydrogen) atoms. The van der Waals surface area contributed by atoms with E-state index in [2.05, 4.69) is 0 Å². The lowest BCUT2D eigenvalue weighted by molar-refractivity contribution is -0.316. The van der Waals surface area contributed by atoms with Crippen LogP contribution in [0.3, 0.4) is 0 Å². The van der Waals surface area contributed by atoms with Crippen molar-refractivity contribution in [3.8, 4) is 0 Å². The molecule has 1 saturated carbocycles. The van der Waals surface area contributed by atoms with Crippen LogP contribution in [-0.2, 0) is 28.4 Å². The van der Waals surface area contributed by atoms with Crippen molar-refractivity contribution < 1.29 is 69.3 Å². The lowest BCUT2D eigenvalue weighted by Crippen LogP contribution is -2.68. The largest absolute Gasteiger partial charge is 0.396 e. The van der Waals surface area contributed by atoms with E-state index < -0.39 is 135 Å². The van der Waals surface area contributed by atoms with Gasteiger partial charge in [-0.15, -0.1) is 0 Å². The van der Waals surface area contributed by atoms with Crippen LogP contribution >= 0.6 is 0 Å². The number of rotatable bonds is 11. The average molecular weight is 658 g/mol. The van der Waals surface area contributed by atoms with E-state index in [-0.39, 0.29) is 19.4 Å². The second-order valence-electron chi connectivity index (χ2n) is 12.3. The summed E-state index contributed by atoms with van der Waals surface area (Å²) in [6.07, 6.45) is -19.6. The summed E-state index contributed by atoms with van der Waals surface area (Å²) in [5, 5.41) is 83.8. The molecule has 20 atom stereocenters. The van der Waals surface area contributed by atoms with Gasteiger partial charge in [0.15, 0.2) is 18.9 Å². The number of nitrogens with two attached hydrogens (primary N) is 5. The van der Waals surface area contributed by atoms with Crippen molar-refractivity contribution in [2.24, 2.45) is 34.6 Å². The molecule has 0 spiro atoms. The normalized spacial score (nSPS) is 51.7. The van der Waals surface area contributed by atoms with Crippen molar-refractivity contribution in [2.45, 2.75) is 136 Å². The number of hydrogen-bond acceptors (Lipinski definition) is 19. The summed E-state index contributed by atoms with van der Waals surface area (Å²) in [6, 6.07) is -4.11. The molecule has 19 nitrogen and oxygen atoms in total. The van der Waals surface area contributed by atoms with Crippen molar-refractivity contribution in [1.29, 1.82) is 0 Å². The van der Waals surface area contributed by atoms with Crippen LogP contribution in [0.4, 0.5) is 0 Å². The first-order valence-electron chi connectivity index (χ1n) is 15.2. The number of ether oxygens (including phenoxy) is 6. The van der Waals surface area contributed by atoms with E-state index >= 15 is 0 Å². The topological polar surface area (TPSA) is 347 Å². The van der Waals surface area contributed by atoms with Crippen molar-refractivity contribution in [1.82, 2.24) is 0 Å². The van der Waals surface area contributed by atoms with Crippen molar-refractivity contribution >= 4 is 0 Å². The van der Waals surface area contributed by atoms with E-state index in [9.17, 15) is 40.9 Å². The zero-order valence-corrected chi connectivity index (χ0v) is 25.0. The van der Waals surface area contributed by atoms with E-state index in [1.807, 2.05) is 0 Å². The van der Waals surface area contributed by atoms with Crippen molar-refractivity contribution in [3.63, 3.8) is 0 Å². The highest BCUT2D eigenvalue weighted by Gasteiger charge is 2.54. The maximum atomic E-state index is 11.2. The van der Waals surface area contributed by atoms with E-state index in [0.717, 1.165) is 0 Å². The van der Waals surface area contributed by atoms with Gasteiger partial charge >= 0.3 is 0 Å². The molecule has 19 heteroatoms. The maximum Gasteiger partial charge on any atom is 0.187 e. The molecule has 3 aliphatic heterocycles. The fourth-order valence-electron chi connectivity index (χ4n) is 6.38. The third-order valence-corrected chi connectivity index (χ3v) is 9.27. The molecule has 18 N–H and O–H groups in total. The van der Waals surface area contributed by atoms with E-state index in [1.54, 1.807) is 6.92 Å². The molecule has 0 amide bonds. The number of aliphatic hydroxyl groups excluding tert-OH is 8. The Kier molecular flexibility index (Phi) is 12.9. The molecule has 0 bridgehead atoms. The average Bonchev–Trinajstić information content (AvgIpc) is 3.31. The minimum absolute atomic E-state index is 0.0655. The molecule has 4 aliphatic rings. The smallest absolute Gasteiger partial charge is 0.187 e. The van der Waals surface area contributed by atoms with Gasteiger partial charge in [0.05, 0.1) is 49.7 Å². The Hall–Kier alpha value is -0.760. The Morgan fingerprint density at radius 3 is 1.87 bits per heavy atom. The molecule has 3 saturated heterocycles. The summed E-state index contributed by atoms with van der Waals surface area (Å²) < 4.78 is 35.1. The van der Waals surface area contributed by atoms with Crippen LogP contribution < -0.4 is 28.7 Å². The van der Waals surface area contributed by atoms with Gasteiger partial charge in [0.1, 0.15) is 48.8 Å². The van der Waals surface area contributed by atoms with E-state index in [4.69, 9.17) is 57.1 Å². The number of hydrogen-bond donors (Lipinski definition) is 13. The minimum Gasteiger partial charge on any atom is -0.396 e. The molecule has 1 aliphatic carbocycles. The molecule has 0 aromatic heterocycles. The third-order valence-electron chi connectivity index (χ3n) is 9.27. The summed E-state index contributed by atoms with van der Waals surface area (Å²) in [5.74, 6) is -0.860. The van der Waals surface area contributed by atoms with Crippen LogP contribution in [0.2, 0.25) is 0 Å². The standard InChI is InChI=1S/C26H51N5O14/c1-2-10(34)21-18(38)17(37)14(31)25(43-21)42-20-9(29)3-8(28)16(36)23(20)45-26-19(39)22(12(6-33)41-26)44-24-13(30)7(5-32)15(35)11(4-27)40-24/h7-26,32-39H,2-6,27-31H2,1H3/t7?,8-,9?,10?,11?,12-,13?,14?,15+,16?,17?,18+,19+,20-,21?,22+,23?,24-,25+,26+/m1/s1. The van der Waals surface area contributed by atoms with Crippen molar-refractivity contribution in [3.05, 3.63) is 0 Å². The molecular formula is C26H51N5O14. The molecule has 0 radical (unpaired) electrons. The first-order valence-corrected chi connectivity index (χ1v) is 15.2. The molecule has 10 unspecified atom stereocenters. The van der Waals surface area contributed by atoms with Crippen LogP contribution in [0.25, 0.3) is 0 Å². The third kappa shape index (κ3) is 7.47. The van der Waals surface area contributed by atoms with Gasteiger partial charge in [-0.2, -0.15) is 0 Å². The van der Waals surface area contributed by atoms with Crippen LogP contribution in [-0.4, -0.2) is 177 Å². The Balaban J connectivity index is 1.51. The summed E-state index contributed by atoms with van der Waals surface area (Å²) in [5.41, 5.74) is 30.4. The highest BCUT2D eigenvalue weighted by Crippen LogP contribution is 2.35. The summed E-state index contributed by atoms with van der Waals surface area (Å²) in [6.45, 7) is 0.394. The first kappa shape index (κ1) is 37.1. The molecule has 0 aromatic rings. The Labute approximate surface area is 260 Å². The first-order chi connectivity index (χ1) is 21.3. The van der Waals surface area contributed by atoms with Gasteiger partial charge in [-0.1, -0.05) is 6.92 Å². The van der Waals surface area contributed by atoms with Gasteiger partial charge in [0.2, 0.25) is 0 Å². The lowest BCUT2D eigenvalue weighted by Gasteiger charge is -2.47. The molecular weight excluding hydrogens is 606 g/mol. The lowest BCUT2D eigenvalue weighted by atomic mass is 9.84. The summed E-state index contributed by atoms with van der Waals surface area (Å²) in [4.78, 5) is 0. The quantitative estimate of drug-likeness (QED) is 0.0980. The second kappa shape index (κ2) is 15.6. The van der Waals surface area contributed by atoms with Gasteiger partial charge in [0, 0.05) is 24.5 Å². The Bertz CT molecular complexity index is 933. The second-order valence-corrected chi connectivity index (χ2v) is 12.3. The van der Waals surface area contributed by atoms with E-state index in [1.165, 1.54) is 0 Å². The van der Waals surface area contributed by atoms with Crippen LogP contribution in [0.15, 0.2) is 0 Å². The highest BCUT2D eigenvalue weighted by molar-refractivity contribution is 5.02. The fourth-order valence-corrected chi connectivity index (χ4v) is 6.38. The summed E-state index contributed by atoms with van der Waals surface area (Å²) in [7, 11) is 0. The van der Waals surface area contributed by atoms with Crippen LogP contribution in [0.1, 0.15) is 19.8 Å². The van der Waals surface area contributed by atoms with Gasteiger partial charge in [-0.3, -0.25) is 0 Å². The predicted octanol–water partition coefficient (Wildman–Crippen LogP) is -7.84. The molecule has 4 rings (SSSR count). The van der Waals surface area contributed by atoms with Gasteiger partial charge < -0.3 is 97.9 Å². The van der Waals surface area contributed by atoms with Crippen molar-refractivity contribution in [2.75, 3.05) is 19.8 Å². The summed E-state index contributed by atoms with van der Waals surface area (Å²) >= 11 is 0. The van der Waals surface area contributed by atoms with E-state index in [0.29, 0.717) is 0 Å². The van der Waals surface area contributed by atoms with Gasteiger partial charge in [-0.25, -0.2) is 0 Å². The molecule has 264 valence electrons. The molecule has 4 fully saturated rings. The predicted molar refractivity (Wildman–Crippen MR) is 150 cm³/mol. The Morgan fingerprint density at radius 2 is 1.27 bits per heavy atom. The maximum absolute atomic E-state index is 11.2. The molecule has 0 aromatic carbocycles. The minimum atomic E-state index is -1.61. The van der Waals surface area contributed by atoms with Crippen LogP contribution in [0.5, 0.6) is 0 Å². The zero-order chi connectivity index (χ0) is 33.3. The Morgan fingerprint density at radius 1 is 0.667 bits per heavy atom.